The second kappa shape index (κ2) is 8.08. The molecular formula is C19H24N4O3S. The number of carbonyl (C=O) groups excluding carboxylic acids is 1. The summed E-state index contributed by atoms with van der Waals surface area (Å²) < 4.78 is 26.1. The van der Waals surface area contributed by atoms with Crippen molar-refractivity contribution in [3.05, 3.63) is 60.2 Å². The highest BCUT2D eigenvalue weighted by Crippen LogP contribution is 2.24. The first-order chi connectivity index (χ1) is 12.9. The van der Waals surface area contributed by atoms with E-state index in [2.05, 4.69) is 34.1 Å². The first kappa shape index (κ1) is 19.3. The number of amides is 2. The molecule has 1 atom stereocenters. The van der Waals surface area contributed by atoms with Crippen LogP contribution >= 0.6 is 0 Å². The second-order valence-electron chi connectivity index (χ2n) is 6.52. The zero-order valence-electron chi connectivity index (χ0n) is 15.4. The Bertz CT molecular complexity index is 902. The molecule has 3 rings (SSSR count). The van der Waals surface area contributed by atoms with Gasteiger partial charge in [-0.1, -0.05) is 36.4 Å². The van der Waals surface area contributed by atoms with Gasteiger partial charge in [0.05, 0.1) is 10.9 Å². The maximum atomic E-state index is 12.7. The van der Waals surface area contributed by atoms with Gasteiger partial charge in [0.15, 0.2) is 0 Å². The molecule has 2 aromatic rings. The van der Waals surface area contributed by atoms with Gasteiger partial charge in [-0.25, -0.2) is 17.9 Å². The third-order valence-corrected chi connectivity index (χ3v) is 6.20. The SMILES string of the molecule is CNS(=O)(=O)c1cccc(NC(=O)N2CCN(C)[C@H](c3ccccc3)C2)c1. The van der Waals surface area contributed by atoms with Gasteiger partial charge in [-0.3, -0.25) is 4.90 Å². The molecule has 0 bridgehead atoms. The lowest BCUT2D eigenvalue weighted by Crippen LogP contribution is -2.50. The number of urea groups is 1. The molecule has 0 unspecified atom stereocenters. The minimum Gasteiger partial charge on any atom is -0.321 e. The highest BCUT2D eigenvalue weighted by molar-refractivity contribution is 7.89. The smallest absolute Gasteiger partial charge is 0.321 e. The lowest BCUT2D eigenvalue weighted by Gasteiger charge is -2.39. The minimum absolute atomic E-state index is 0.114. The van der Waals surface area contributed by atoms with Gasteiger partial charge in [-0.2, -0.15) is 0 Å². The standard InChI is InChI=1S/C19H24N4O3S/c1-20-27(25,26)17-10-6-9-16(13-17)21-19(24)23-12-11-22(2)18(14-23)15-7-4-3-5-8-15/h3-10,13,18,20H,11-12,14H2,1-2H3,(H,21,24)/t18-/m0/s1. The van der Waals surface area contributed by atoms with E-state index in [1.807, 2.05) is 18.2 Å². The van der Waals surface area contributed by atoms with Crippen LogP contribution in [0.3, 0.4) is 0 Å². The van der Waals surface area contributed by atoms with Crippen molar-refractivity contribution in [3.63, 3.8) is 0 Å². The number of hydrogen-bond acceptors (Lipinski definition) is 4. The van der Waals surface area contributed by atoms with Crippen LogP contribution in [0.5, 0.6) is 0 Å². The predicted octanol–water partition coefficient (Wildman–Crippen LogP) is 2.12. The number of hydrogen-bond donors (Lipinski definition) is 2. The second-order valence-corrected chi connectivity index (χ2v) is 8.41. The topological polar surface area (TPSA) is 81.8 Å². The average Bonchev–Trinajstić information content (AvgIpc) is 2.69. The largest absolute Gasteiger partial charge is 0.321 e. The van der Waals surface area contributed by atoms with Gasteiger partial charge in [0.1, 0.15) is 0 Å². The summed E-state index contributed by atoms with van der Waals surface area (Å²) in [7, 11) is -0.145. The van der Waals surface area contributed by atoms with E-state index < -0.39 is 10.0 Å². The van der Waals surface area contributed by atoms with Gasteiger partial charge in [-0.05, 0) is 37.9 Å². The Morgan fingerprint density at radius 1 is 1.07 bits per heavy atom. The summed E-state index contributed by atoms with van der Waals surface area (Å²) in [4.78, 5) is 16.8. The van der Waals surface area contributed by atoms with Gasteiger partial charge in [-0.15, -0.1) is 0 Å². The van der Waals surface area contributed by atoms with Crippen LogP contribution in [0, 0.1) is 0 Å². The molecule has 0 saturated carbocycles. The van der Waals surface area contributed by atoms with E-state index in [1.165, 1.54) is 24.7 Å². The first-order valence-corrected chi connectivity index (χ1v) is 10.2. The molecule has 7 nitrogen and oxygen atoms in total. The average molecular weight is 388 g/mol. The number of carbonyl (C=O) groups is 1. The van der Waals surface area contributed by atoms with E-state index in [0.717, 1.165) is 6.54 Å². The molecule has 1 heterocycles. The van der Waals surface area contributed by atoms with Gasteiger partial charge in [0, 0.05) is 25.3 Å². The molecular weight excluding hydrogens is 364 g/mol. The summed E-state index contributed by atoms with van der Waals surface area (Å²) in [5, 5.41) is 2.81. The van der Waals surface area contributed by atoms with Crippen molar-refractivity contribution in [1.29, 1.82) is 0 Å². The predicted molar refractivity (Wildman–Crippen MR) is 105 cm³/mol. The fourth-order valence-electron chi connectivity index (χ4n) is 3.15. The number of nitrogens with zero attached hydrogens (tertiary/aromatic N) is 2. The molecule has 0 radical (unpaired) electrons. The molecule has 27 heavy (non-hydrogen) atoms. The Morgan fingerprint density at radius 3 is 2.52 bits per heavy atom. The van der Waals surface area contributed by atoms with Crippen molar-refractivity contribution in [2.45, 2.75) is 10.9 Å². The molecule has 2 aromatic carbocycles. The summed E-state index contributed by atoms with van der Waals surface area (Å²) in [5.74, 6) is 0. The summed E-state index contributed by atoms with van der Waals surface area (Å²) in [6.45, 7) is 1.95. The van der Waals surface area contributed by atoms with Crippen LogP contribution < -0.4 is 10.0 Å². The molecule has 1 aliphatic rings. The number of piperazine rings is 1. The van der Waals surface area contributed by atoms with Crippen LogP contribution in [0.15, 0.2) is 59.5 Å². The van der Waals surface area contributed by atoms with Gasteiger partial charge >= 0.3 is 6.03 Å². The highest BCUT2D eigenvalue weighted by atomic mass is 32.2. The number of rotatable bonds is 4. The third kappa shape index (κ3) is 4.47. The number of likely N-dealkylation sites (N-methyl/N-ethyl adjacent to an activating group) is 1. The Morgan fingerprint density at radius 2 is 1.81 bits per heavy atom. The van der Waals surface area contributed by atoms with E-state index in [0.29, 0.717) is 18.8 Å². The van der Waals surface area contributed by atoms with Crippen LogP contribution in [-0.2, 0) is 10.0 Å². The van der Waals surface area contributed by atoms with Crippen LogP contribution in [-0.4, -0.2) is 58.0 Å². The number of nitrogens with one attached hydrogen (secondary N) is 2. The van der Waals surface area contributed by atoms with Crippen molar-refractivity contribution in [3.8, 4) is 0 Å². The summed E-state index contributed by atoms with van der Waals surface area (Å²) in [5.41, 5.74) is 1.62. The normalized spacial score (nSPS) is 18.3. The first-order valence-electron chi connectivity index (χ1n) is 8.75. The maximum absolute atomic E-state index is 12.7. The maximum Gasteiger partial charge on any atom is 0.321 e. The van der Waals surface area contributed by atoms with Crippen LogP contribution in [0.4, 0.5) is 10.5 Å². The van der Waals surface area contributed by atoms with Crippen molar-refractivity contribution < 1.29 is 13.2 Å². The lowest BCUT2D eigenvalue weighted by atomic mass is 10.0. The van der Waals surface area contributed by atoms with Crippen LogP contribution in [0.1, 0.15) is 11.6 Å². The Balaban J connectivity index is 1.72. The summed E-state index contributed by atoms with van der Waals surface area (Å²) in [6.07, 6.45) is 0. The Labute approximate surface area is 160 Å². The fourth-order valence-corrected chi connectivity index (χ4v) is 3.93. The van der Waals surface area contributed by atoms with Crippen molar-refractivity contribution in [2.24, 2.45) is 0 Å². The molecule has 0 aromatic heterocycles. The van der Waals surface area contributed by atoms with Crippen molar-refractivity contribution >= 4 is 21.7 Å². The summed E-state index contributed by atoms with van der Waals surface area (Å²) in [6, 6.07) is 16.2. The molecule has 1 saturated heterocycles. The highest BCUT2D eigenvalue weighted by Gasteiger charge is 2.28. The lowest BCUT2D eigenvalue weighted by molar-refractivity contribution is 0.116. The van der Waals surface area contributed by atoms with Gasteiger partial charge in [0.2, 0.25) is 10.0 Å². The van der Waals surface area contributed by atoms with Crippen LogP contribution in [0.2, 0.25) is 0 Å². The quantitative estimate of drug-likeness (QED) is 0.841. The van der Waals surface area contributed by atoms with E-state index in [-0.39, 0.29) is 17.0 Å². The molecule has 2 amide bonds. The third-order valence-electron chi connectivity index (χ3n) is 4.78. The zero-order valence-corrected chi connectivity index (χ0v) is 16.2. The molecule has 144 valence electrons. The van der Waals surface area contributed by atoms with Gasteiger partial charge in [0.25, 0.3) is 0 Å². The van der Waals surface area contributed by atoms with E-state index in [4.69, 9.17) is 0 Å². The van der Waals surface area contributed by atoms with Gasteiger partial charge < -0.3 is 10.2 Å². The fraction of sp³-hybridized carbons (Fsp3) is 0.316. The molecule has 2 N–H and O–H groups in total. The Hall–Kier alpha value is -2.42. The Kier molecular flexibility index (Phi) is 5.79. The minimum atomic E-state index is -3.56. The summed E-state index contributed by atoms with van der Waals surface area (Å²) >= 11 is 0. The van der Waals surface area contributed by atoms with Crippen molar-refractivity contribution in [2.75, 3.05) is 39.0 Å². The van der Waals surface area contributed by atoms with E-state index in [1.54, 1.807) is 17.0 Å². The molecule has 1 aliphatic heterocycles. The molecule has 8 heteroatoms. The van der Waals surface area contributed by atoms with E-state index in [9.17, 15) is 13.2 Å². The van der Waals surface area contributed by atoms with Crippen molar-refractivity contribution in [1.82, 2.24) is 14.5 Å². The number of sulfonamides is 1. The zero-order chi connectivity index (χ0) is 19.4. The molecule has 0 spiro atoms. The van der Waals surface area contributed by atoms with E-state index >= 15 is 0 Å². The monoisotopic (exact) mass is 388 g/mol. The molecule has 1 fully saturated rings. The number of anilines is 1. The van der Waals surface area contributed by atoms with Crippen LogP contribution in [0.25, 0.3) is 0 Å². The number of benzene rings is 2. The molecule has 0 aliphatic carbocycles.